The Morgan fingerprint density at radius 3 is 2.50 bits per heavy atom. The van der Waals surface area contributed by atoms with E-state index in [0.29, 0.717) is 27.1 Å². The molecule has 2 aromatic carbocycles. The zero-order chi connectivity index (χ0) is 21.8. The normalized spacial score (nSPS) is 16.4. The lowest BCUT2D eigenvalue weighted by Gasteiger charge is -2.34. The number of urea groups is 1. The van der Waals surface area contributed by atoms with Crippen LogP contribution >= 0.6 is 23.2 Å². The van der Waals surface area contributed by atoms with Gasteiger partial charge in [-0.15, -0.1) is 0 Å². The number of aryl methyl sites for hydroxylation is 1. The highest BCUT2D eigenvalue weighted by Gasteiger charge is 2.37. The van der Waals surface area contributed by atoms with Crippen LogP contribution in [0.4, 0.5) is 4.79 Å². The van der Waals surface area contributed by atoms with Gasteiger partial charge < -0.3 is 14.8 Å². The van der Waals surface area contributed by atoms with Crippen LogP contribution in [0.25, 0.3) is 0 Å². The second-order valence-corrected chi connectivity index (χ2v) is 7.63. The molecule has 8 heteroatoms. The molecule has 1 aliphatic heterocycles. The Bertz CT molecular complexity index is 989. The minimum Gasteiger partial charge on any atom is -0.487 e. The third-order valence-corrected chi connectivity index (χ3v) is 5.30. The molecule has 158 valence electrons. The molecule has 0 bridgehead atoms. The average Bonchev–Trinajstić information content (AvgIpc) is 2.70. The summed E-state index contributed by atoms with van der Waals surface area (Å²) in [7, 11) is 1.57. The number of carbonyl (C=O) groups excluding carboxylic acids is 2. The molecule has 2 aromatic rings. The van der Waals surface area contributed by atoms with E-state index in [0.717, 1.165) is 5.56 Å². The summed E-state index contributed by atoms with van der Waals surface area (Å²) >= 11 is 12.4. The van der Waals surface area contributed by atoms with E-state index in [4.69, 9.17) is 32.7 Å². The van der Waals surface area contributed by atoms with Gasteiger partial charge in [-0.05, 0) is 43.7 Å². The van der Waals surface area contributed by atoms with E-state index in [-0.39, 0.29) is 24.8 Å². The summed E-state index contributed by atoms with van der Waals surface area (Å²) in [6.45, 7) is 3.89. The van der Waals surface area contributed by atoms with E-state index in [9.17, 15) is 9.59 Å². The molecule has 30 heavy (non-hydrogen) atoms. The molecule has 0 aliphatic carbocycles. The van der Waals surface area contributed by atoms with Gasteiger partial charge in [-0.2, -0.15) is 0 Å². The maximum Gasteiger partial charge on any atom is 0.338 e. The molecule has 0 radical (unpaired) electrons. The lowest BCUT2D eigenvalue weighted by molar-refractivity contribution is -0.139. The van der Waals surface area contributed by atoms with E-state index in [1.165, 1.54) is 4.90 Å². The van der Waals surface area contributed by atoms with Crippen LogP contribution in [-0.4, -0.2) is 37.2 Å². The van der Waals surface area contributed by atoms with Gasteiger partial charge in [-0.1, -0.05) is 47.0 Å². The van der Waals surface area contributed by atoms with Crippen molar-refractivity contribution in [1.29, 1.82) is 0 Å². The van der Waals surface area contributed by atoms with Crippen LogP contribution in [0.5, 0.6) is 5.75 Å². The zero-order valence-electron chi connectivity index (χ0n) is 16.9. The third kappa shape index (κ3) is 4.71. The molecule has 2 amide bonds. The molecular formula is C22H22Cl2N2O4. The Labute approximate surface area is 185 Å². The minimum absolute atomic E-state index is 0.00281. The first-order valence-corrected chi connectivity index (χ1v) is 10.2. The first kappa shape index (κ1) is 22.0. The summed E-state index contributed by atoms with van der Waals surface area (Å²) in [5, 5.41) is 3.60. The summed E-state index contributed by atoms with van der Waals surface area (Å²) in [5.41, 5.74) is 2.29. The Kier molecular flexibility index (Phi) is 6.90. The number of hydrogen-bond donors (Lipinski definition) is 1. The van der Waals surface area contributed by atoms with Gasteiger partial charge >= 0.3 is 12.0 Å². The summed E-state index contributed by atoms with van der Waals surface area (Å²) in [6.07, 6.45) is 0. The number of hydrogen-bond acceptors (Lipinski definition) is 4. The number of nitrogens with one attached hydrogen (secondary N) is 1. The molecule has 0 saturated carbocycles. The molecule has 1 atom stereocenters. The monoisotopic (exact) mass is 448 g/mol. The fraction of sp³-hybridized carbons (Fsp3) is 0.273. The van der Waals surface area contributed by atoms with E-state index in [1.807, 2.05) is 31.2 Å². The molecule has 3 rings (SSSR count). The number of esters is 1. The summed E-state index contributed by atoms with van der Waals surface area (Å²) < 4.78 is 11.1. The molecule has 1 heterocycles. The lowest BCUT2D eigenvalue weighted by atomic mass is 9.94. The number of halogens is 2. The number of benzene rings is 2. The van der Waals surface area contributed by atoms with E-state index >= 15 is 0 Å². The SMILES string of the molecule is CCOC(=O)C1=C(COc2ccc(C)cc2)N(C)C(=O)NC1c1ccc(Cl)cc1Cl. The van der Waals surface area contributed by atoms with Crippen molar-refractivity contribution < 1.29 is 19.1 Å². The maximum absolute atomic E-state index is 12.9. The Morgan fingerprint density at radius 1 is 1.17 bits per heavy atom. The van der Waals surface area contributed by atoms with Gasteiger partial charge in [0.05, 0.1) is 23.9 Å². The van der Waals surface area contributed by atoms with Crippen molar-refractivity contribution in [1.82, 2.24) is 10.2 Å². The smallest absolute Gasteiger partial charge is 0.338 e. The Balaban J connectivity index is 2.05. The van der Waals surface area contributed by atoms with Crippen molar-refractivity contribution in [2.75, 3.05) is 20.3 Å². The fourth-order valence-corrected chi connectivity index (χ4v) is 3.65. The second kappa shape index (κ2) is 9.41. The minimum atomic E-state index is -0.797. The van der Waals surface area contributed by atoms with E-state index in [2.05, 4.69) is 5.32 Å². The van der Waals surface area contributed by atoms with Crippen LogP contribution < -0.4 is 10.1 Å². The van der Waals surface area contributed by atoms with Gasteiger partial charge in [-0.25, -0.2) is 9.59 Å². The van der Waals surface area contributed by atoms with Gasteiger partial charge in [-0.3, -0.25) is 4.90 Å². The van der Waals surface area contributed by atoms with Crippen molar-refractivity contribution in [3.05, 3.63) is 74.9 Å². The zero-order valence-corrected chi connectivity index (χ0v) is 18.4. The standard InChI is InChI=1S/C22H22Cl2N2O4/c1-4-29-21(27)19-18(12-30-15-8-5-13(2)6-9-15)26(3)22(28)25-20(19)16-10-7-14(23)11-17(16)24/h5-11,20H,4,12H2,1-3H3,(H,25,28). The maximum atomic E-state index is 12.9. The van der Waals surface area contributed by atoms with E-state index < -0.39 is 12.0 Å². The molecule has 0 fully saturated rings. The van der Waals surface area contributed by atoms with Crippen molar-refractivity contribution in [3.8, 4) is 5.75 Å². The largest absolute Gasteiger partial charge is 0.487 e. The van der Waals surface area contributed by atoms with Crippen LogP contribution in [0, 0.1) is 6.92 Å². The first-order valence-electron chi connectivity index (χ1n) is 9.40. The van der Waals surface area contributed by atoms with Gasteiger partial charge in [0.1, 0.15) is 12.4 Å². The quantitative estimate of drug-likeness (QED) is 0.638. The third-order valence-electron chi connectivity index (χ3n) is 4.74. The number of ether oxygens (including phenoxy) is 2. The second-order valence-electron chi connectivity index (χ2n) is 6.79. The van der Waals surface area contributed by atoms with Gasteiger partial charge in [0, 0.05) is 17.1 Å². The predicted molar refractivity (Wildman–Crippen MR) is 116 cm³/mol. The van der Waals surface area contributed by atoms with Crippen LogP contribution in [-0.2, 0) is 9.53 Å². The fourth-order valence-electron chi connectivity index (χ4n) is 3.14. The lowest BCUT2D eigenvalue weighted by Crippen LogP contribution is -2.48. The number of likely N-dealkylation sites (N-methyl/N-ethyl adjacent to an activating group) is 1. The van der Waals surface area contributed by atoms with Crippen molar-refractivity contribution in [3.63, 3.8) is 0 Å². The number of amides is 2. The molecule has 1 aliphatic rings. The number of nitrogens with zero attached hydrogens (tertiary/aromatic N) is 1. The van der Waals surface area contributed by atoms with Crippen LogP contribution in [0.15, 0.2) is 53.7 Å². The summed E-state index contributed by atoms with van der Waals surface area (Å²) in [5.74, 6) is 0.0691. The van der Waals surface area contributed by atoms with Gasteiger partial charge in [0.25, 0.3) is 0 Å². The molecule has 0 saturated heterocycles. The highest BCUT2D eigenvalue weighted by atomic mass is 35.5. The topological polar surface area (TPSA) is 67.9 Å². The number of rotatable bonds is 6. The Hall–Kier alpha value is -2.70. The highest BCUT2D eigenvalue weighted by Crippen LogP contribution is 2.35. The van der Waals surface area contributed by atoms with Crippen LogP contribution in [0.1, 0.15) is 24.1 Å². The Morgan fingerprint density at radius 2 is 1.87 bits per heavy atom. The van der Waals surface area contributed by atoms with Crippen molar-refractivity contribution in [2.45, 2.75) is 19.9 Å². The van der Waals surface area contributed by atoms with Crippen molar-refractivity contribution >= 4 is 35.2 Å². The molecule has 0 aromatic heterocycles. The van der Waals surface area contributed by atoms with Crippen LogP contribution in [0.2, 0.25) is 10.0 Å². The summed E-state index contributed by atoms with van der Waals surface area (Å²) in [4.78, 5) is 26.9. The molecular weight excluding hydrogens is 427 g/mol. The predicted octanol–water partition coefficient (Wildman–Crippen LogP) is 4.89. The van der Waals surface area contributed by atoms with Gasteiger partial charge in [0.2, 0.25) is 0 Å². The van der Waals surface area contributed by atoms with Crippen molar-refractivity contribution in [2.24, 2.45) is 0 Å². The van der Waals surface area contributed by atoms with Gasteiger partial charge in [0.15, 0.2) is 0 Å². The van der Waals surface area contributed by atoms with E-state index in [1.54, 1.807) is 32.2 Å². The van der Waals surface area contributed by atoms with Crippen LogP contribution in [0.3, 0.4) is 0 Å². The molecule has 1 unspecified atom stereocenters. The average molecular weight is 449 g/mol. The highest BCUT2D eigenvalue weighted by molar-refractivity contribution is 6.35. The number of carbonyl (C=O) groups is 2. The summed E-state index contributed by atoms with van der Waals surface area (Å²) in [6, 6.07) is 11.2. The first-order chi connectivity index (χ1) is 14.3. The molecule has 0 spiro atoms. The molecule has 1 N–H and O–H groups in total. The molecule has 6 nitrogen and oxygen atoms in total.